The second-order valence-corrected chi connectivity index (χ2v) is 13.9. The van der Waals surface area contributed by atoms with Crippen LogP contribution in [0, 0.1) is 13.8 Å². The van der Waals surface area contributed by atoms with Crippen LogP contribution in [0.4, 0.5) is 10.6 Å². The quantitative estimate of drug-likeness (QED) is 0.333. The predicted molar refractivity (Wildman–Crippen MR) is 207 cm³/mol. The van der Waals surface area contributed by atoms with Crippen LogP contribution in [0.15, 0.2) is 40.9 Å². The highest BCUT2D eigenvalue weighted by atomic mass is 16.5. The lowest BCUT2D eigenvalue weighted by atomic mass is 9.99. The van der Waals surface area contributed by atoms with Crippen molar-refractivity contribution in [3.8, 4) is 0 Å². The topological polar surface area (TPSA) is 227 Å². The monoisotopic (exact) mass is 782 g/mol. The van der Waals surface area contributed by atoms with Gasteiger partial charge in [-0.15, -0.1) is 0 Å². The number of nitrogens with zero attached hydrogens (tertiary/aromatic N) is 4. The number of esters is 1. The van der Waals surface area contributed by atoms with Crippen LogP contribution < -0.4 is 21.7 Å². The third-order valence-corrected chi connectivity index (χ3v) is 9.50. The number of nitrogens with one attached hydrogen (secondary N) is 3. The zero-order valence-electron chi connectivity index (χ0n) is 33.4. The van der Waals surface area contributed by atoms with Gasteiger partial charge in [0.25, 0.3) is 0 Å². The van der Waals surface area contributed by atoms with Crippen LogP contribution in [0.2, 0.25) is 0 Å². The van der Waals surface area contributed by atoms with Crippen LogP contribution in [0.1, 0.15) is 90.4 Å². The van der Waals surface area contributed by atoms with Gasteiger partial charge in [0.2, 0.25) is 29.5 Å². The second kappa shape index (κ2) is 22.2. The maximum Gasteiger partial charge on any atom is 0.329 e. The molecule has 17 heteroatoms. The third kappa shape index (κ3) is 13.1. The summed E-state index contributed by atoms with van der Waals surface area (Å²) in [6.07, 6.45) is 3.88. The van der Waals surface area contributed by atoms with Gasteiger partial charge < -0.3 is 40.3 Å². The molecule has 5 heterocycles. The average Bonchev–Trinajstić information content (AvgIpc) is 3.96. The van der Waals surface area contributed by atoms with Crippen molar-refractivity contribution >= 4 is 47.4 Å². The number of anilines is 1. The van der Waals surface area contributed by atoms with E-state index < -0.39 is 48.2 Å². The van der Waals surface area contributed by atoms with E-state index in [1.807, 2.05) is 32.0 Å². The number of rotatable bonds is 3. The Hall–Kier alpha value is -5.48. The van der Waals surface area contributed by atoms with Crippen molar-refractivity contribution < 1.29 is 42.8 Å². The number of aryl methyl sites for hydroxylation is 2. The molecule has 0 spiro atoms. The first-order chi connectivity index (χ1) is 26.7. The molecule has 17 nitrogen and oxygen atoms in total. The molecule has 5 unspecified atom stereocenters. The Kier molecular flexibility index (Phi) is 17.8. The molecule has 0 saturated carbocycles. The van der Waals surface area contributed by atoms with Gasteiger partial charge in [-0.05, 0) is 72.6 Å². The summed E-state index contributed by atoms with van der Waals surface area (Å²) in [5.41, 5.74) is 6.14. The zero-order chi connectivity index (χ0) is 41.4. The standard InChI is InChI=1S/C23H34N4O6.C7H10N4O3.C7H8.C2H6/c1-14-13-19(28)25-11-5-8-17(25)22(31)26-10-4-3-7-16(26)20(29)24-15(2)21(30)27-12-6-9-18(27)23(32)33-14;1-4-2-6(11-14-4)10-7(13)9-3-5(8)12;1-7-5-3-2-4-6-7;1-2/h14-18H,3-13H2,1-2H3,(H,24,29);2H,3H2,1H3,(H2,8,12)(H2,9,10,11,13);2-6H,1H3;1-2H3. The summed E-state index contributed by atoms with van der Waals surface area (Å²) in [5, 5.41) is 10.9. The van der Waals surface area contributed by atoms with E-state index in [1.165, 1.54) is 10.5 Å². The zero-order valence-corrected chi connectivity index (χ0v) is 33.4. The molecule has 4 aliphatic rings. The minimum Gasteiger partial charge on any atom is -0.461 e. The number of fused-ring (bicyclic) bond motifs is 3. The maximum atomic E-state index is 13.5. The van der Waals surface area contributed by atoms with Crippen LogP contribution in [0.5, 0.6) is 0 Å². The summed E-state index contributed by atoms with van der Waals surface area (Å²) in [5.74, 6) is -1.43. The Balaban J connectivity index is 0.000000299. The van der Waals surface area contributed by atoms with Gasteiger partial charge in [0, 0.05) is 25.7 Å². The maximum absolute atomic E-state index is 13.5. The van der Waals surface area contributed by atoms with Crippen LogP contribution in [0.3, 0.4) is 0 Å². The number of cyclic esters (lactones) is 1. The number of carbonyl (C=O) groups excluding carboxylic acids is 7. The molecular formula is C39H58N8O9. The fraction of sp³-hybridized carbons (Fsp3) is 0.590. The molecule has 6 rings (SSSR count). The smallest absolute Gasteiger partial charge is 0.329 e. The normalized spacial score (nSPS) is 23.9. The molecule has 0 bridgehead atoms. The van der Waals surface area contributed by atoms with Crippen LogP contribution in [0.25, 0.3) is 0 Å². The van der Waals surface area contributed by atoms with Crippen molar-refractivity contribution in [1.82, 2.24) is 30.5 Å². The van der Waals surface area contributed by atoms with Gasteiger partial charge in [0.15, 0.2) is 5.82 Å². The SMILES string of the molecule is CC.CC1CC(=O)N2CCCC2C(=O)N2CCCCC2C(=O)NC(C)C(=O)N2CCCC2C(=O)O1.Cc1cc(NC(=O)NCC(N)=O)no1.Cc1ccccc1. The minimum atomic E-state index is -0.820. The van der Waals surface area contributed by atoms with Crippen molar-refractivity contribution in [2.24, 2.45) is 5.73 Å². The van der Waals surface area contributed by atoms with Crippen molar-refractivity contribution in [3.63, 3.8) is 0 Å². The number of hydrogen-bond acceptors (Lipinski definition) is 10. The number of nitrogens with two attached hydrogens (primary N) is 1. The highest BCUT2D eigenvalue weighted by molar-refractivity contribution is 5.96. The highest BCUT2D eigenvalue weighted by Gasteiger charge is 2.43. The Morgan fingerprint density at radius 2 is 1.45 bits per heavy atom. The van der Waals surface area contributed by atoms with Gasteiger partial charge in [0.1, 0.15) is 36.0 Å². The Bertz CT molecular complexity index is 1650. The molecule has 1 aromatic heterocycles. The van der Waals surface area contributed by atoms with Gasteiger partial charge in [-0.2, -0.15) is 0 Å². The van der Waals surface area contributed by atoms with Gasteiger partial charge in [-0.25, -0.2) is 9.59 Å². The summed E-state index contributed by atoms with van der Waals surface area (Å²) in [6, 6.07) is 8.45. The number of piperidine rings is 1. The summed E-state index contributed by atoms with van der Waals surface area (Å²) in [7, 11) is 0. The van der Waals surface area contributed by atoms with E-state index in [2.05, 4.69) is 40.2 Å². The lowest BCUT2D eigenvalue weighted by Gasteiger charge is -2.38. The molecule has 1 aromatic carbocycles. The van der Waals surface area contributed by atoms with Gasteiger partial charge in [-0.1, -0.05) is 54.9 Å². The summed E-state index contributed by atoms with van der Waals surface area (Å²) >= 11 is 0. The molecule has 4 saturated heterocycles. The number of urea groups is 1. The highest BCUT2D eigenvalue weighted by Crippen LogP contribution is 2.27. The van der Waals surface area contributed by atoms with E-state index in [1.54, 1.807) is 36.6 Å². The molecule has 4 fully saturated rings. The molecule has 0 aliphatic carbocycles. The number of ether oxygens (including phenoxy) is 1. The van der Waals surface area contributed by atoms with Crippen LogP contribution >= 0.6 is 0 Å². The Labute approximate surface area is 328 Å². The molecule has 5 N–H and O–H groups in total. The number of benzene rings is 1. The van der Waals surface area contributed by atoms with E-state index in [9.17, 15) is 33.6 Å². The number of aromatic nitrogens is 1. The Morgan fingerprint density at radius 3 is 2.05 bits per heavy atom. The predicted octanol–water partition coefficient (Wildman–Crippen LogP) is 2.80. The largest absolute Gasteiger partial charge is 0.461 e. The number of hydrogen-bond donors (Lipinski definition) is 4. The van der Waals surface area contributed by atoms with E-state index >= 15 is 0 Å². The molecule has 4 aliphatic heterocycles. The van der Waals surface area contributed by atoms with Crippen LogP contribution in [-0.4, -0.2) is 118 Å². The number of carbonyl (C=O) groups is 7. The Morgan fingerprint density at radius 1 is 0.839 bits per heavy atom. The van der Waals surface area contributed by atoms with Crippen molar-refractivity contribution in [1.29, 1.82) is 0 Å². The lowest BCUT2D eigenvalue weighted by molar-refractivity contribution is -0.160. The summed E-state index contributed by atoms with van der Waals surface area (Å²) in [4.78, 5) is 91.5. The first-order valence-electron chi connectivity index (χ1n) is 19.4. The lowest BCUT2D eigenvalue weighted by Crippen LogP contribution is -2.59. The molecule has 0 radical (unpaired) electrons. The molecule has 5 atom stereocenters. The first-order valence-corrected chi connectivity index (χ1v) is 19.4. The van der Waals surface area contributed by atoms with Crippen LogP contribution in [-0.2, 0) is 33.5 Å². The van der Waals surface area contributed by atoms with Gasteiger partial charge in [0.05, 0.1) is 13.0 Å². The molecular weight excluding hydrogens is 724 g/mol. The molecule has 56 heavy (non-hydrogen) atoms. The van der Waals surface area contributed by atoms with E-state index in [0.29, 0.717) is 57.5 Å². The fourth-order valence-electron chi connectivity index (χ4n) is 6.85. The van der Waals surface area contributed by atoms with Gasteiger partial charge >= 0.3 is 12.0 Å². The number of amides is 7. The van der Waals surface area contributed by atoms with E-state index in [-0.39, 0.29) is 42.4 Å². The first kappa shape index (κ1) is 44.9. The summed E-state index contributed by atoms with van der Waals surface area (Å²) in [6.45, 7) is 12.2. The van der Waals surface area contributed by atoms with Crippen molar-refractivity contribution in [2.75, 3.05) is 31.5 Å². The van der Waals surface area contributed by atoms with E-state index in [4.69, 9.17) is 15.0 Å². The molecule has 308 valence electrons. The third-order valence-electron chi connectivity index (χ3n) is 9.50. The summed E-state index contributed by atoms with van der Waals surface area (Å²) < 4.78 is 10.2. The minimum absolute atomic E-state index is 0.0174. The van der Waals surface area contributed by atoms with E-state index in [0.717, 1.165) is 12.8 Å². The second-order valence-electron chi connectivity index (χ2n) is 13.9. The number of primary amides is 1. The molecule has 7 amide bonds. The molecule has 2 aromatic rings. The average molecular weight is 783 g/mol. The fourth-order valence-corrected chi connectivity index (χ4v) is 6.85. The van der Waals surface area contributed by atoms with Crippen molar-refractivity contribution in [3.05, 3.63) is 47.7 Å². The van der Waals surface area contributed by atoms with Gasteiger partial charge in [-0.3, -0.25) is 29.3 Å². The van der Waals surface area contributed by atoms with Crippen molar-refractivity contribution in [2.45, 2.75) is 123 Å².